The zero-order chi connectivity index (χ0) is 16.1. The minimum absolute atomic E-state index is 0.0736. The lowest BCUT2D eigenvalue weighted by molar-refractivity contribution is -0.126. The van der Waals surface area contributed by atoms with E-state index in [0.29, 0.717) is 0 Å². The first-order chi connectivity index (χ1) is 10.5. The van der Waals surface area contributed by atoms with Crippen LogP contribution in [-0.2, 0) is 4.79 Å². The quantitative estimate of drug-likeness (QED) is 0.905. The van der Waals surface area contributed by atoms with Gasteiger partial charge >= 0.3 is 0 Å². The maximum atomic E-state index is 12.2. The summed E-state index contributed by atoms with van der Waals surface area (Å²) in [4.78, 5) is 16.8. The van der Waals surface area contributed by atoms with Crippen molar-refractivity contribution in [3.8, 4) is 0 Å². The van der Waals surface area contributed by atoms with Crippen LogP contribution in [0.1, 0.15) is 27.2 Å². The van der Waals surface area contributed by atoms with Gasteiger partial charge in [-0.1, -0.05) is 24.6 Å². The van der Waals surface area contributed by atoms with Gasteiger partial charge in [0.25, 0.3) is 0 Å². The van der Waals surface area contributed by atoms with Crippen LogP contribution in [0.2, 0.25) is 5.02 Å². The Morgan fingerprint density at radius 2 is 1.95 bits per heavy atom. The van der Waals surface area contributed by atoms with Gasteiger partial charge in [0, 0.05) is 42.9 Å². The molecule has 0 unspecified atom stereocenters. The highest BCUT2D eigenvalue weighted by Crippen LogP contribution is 2.21. The Hall–Kier alpha value is -1.26. The van der Waals surface area contributed by atoms with Gasteiger partial charge in [-0.15, -0.1) is 0 Å². The van der Waals surface area contributed by atoms with E-state index in [1.54, 1.807) is 0 Å². The number of piperazine rings is 1. The third kappa shape index (κ3) is 4.37. The highest BCUT2D eigenvalue weighted by atomic mass is 35.5. The second-order valence-electron chi connectivity index (χ2n) is 6.00. The molecule has 2 atom stereocenters. The van der Waals surface area contributed by atoms with Crippen molar-refractivity contribution in [2.75, 3.05) is 31.1 Å². The molecule has 0 aromatic heterocycles. The van der Waals surface area contributed by atoms with Crippen LogP contribution in [0, 0.1) is 0 Å². The Labute approximate surface area is 138 Å². The molecule has 22 heavy (non-hydrogen) atoms. The molecule has 4 nitrogen and oxygen atoms in total. The van der Waals surface area contributed by atoms with Gasteiger partial charge in [0.1, 0.15) is 0 Å². The lowest BCUT2D eigenvalue weighted by Gasteiger charge is -2.38. The molecule has 5 heteroatoms. The molecule has 1 N–H and O–H groups in total. The summed E-state index contributed by atoms with van der Waals surface area (Å²) in [5, 5.41) is 3.83. The van der Waals surface area contributed by atoms with E-state index in [4.69, 9.17) is 11.6 Å². The predicted molar refractivity (Wildman–Crippen MR) is 92.6 cm³/mol. The number of rotatable bonds is 5. The van der Waals surface area contributed by atoms with Gasteiger partial charge in [-0.25, -0.2) is 0 Å². The smallest absolute Gasteiger partial charge is 0.237 e. The van der Waals surface area contributed by atoms with Crippen molar-refractivity contribution in [1.82, 2.24) is 10.2 Å². The summed E-state index contributed by atoms with van der Waals surface area (Å²) < 4.78 is 0. The van der Waals surface area contributed by atoms with Gasteiger partial charge < -0.3 is 10.2 Å². The highest BCUT2D eigenvalue weighted by Gasteiger charge is 2.26. The highest BCUT2D eigenvalue weighted by molar-refractivity contribution is 6.30. The normalized spacial score (nSPS) is 18.8. The van der Waals surface area contributed by atoms with E-state index in [2.05, 4.69) is 28.1 Å². The number of carbonyl (C=O) groups is 1. The lowest BCUT2D eigenvalue weighted by Crippen LogP contribution is -2.54. The number of carbonyl (C=O) groups excluding carboxylic acids is 1. The molecule has 1 aromatic rings. The van der Waals surface area contributed by atoms with E-state index in [0.717, 1.165) is 43.3 Å². The van der Waals surface area contributed by atoms with E-state index in [9.17, 15) is 4.79 Å². The third-order valence-corrected chi connectivity index (χ3v) is 4.65. The van der Waals surface area contributed by atoms with Crippen molar-refractivity contribution in [2.24, 2.45) is 0 Å². The fourth-order valence-electron chi connectivity index (χ4n) is 2.67. The van der Waals surface area contributed by atoms with Gasteiger partial charge in [-0.3, -0.25) is 9.69 Å². The van der Waals surface area contributed by atoms with Crippen LogP contribution in [0.3, 0.4) is 0 Å². The molecular weight excluding hydrogens is 298 g/mol. The zero-order valence-electron chi connectivity index (χ0n) is 13.7. The maximum Gasteiger partial charge on any atom is 0.237 e. The van der Waals surface area contributed by atoms with E-state index >= 15 is 0 Å². The summed E-state index contributed by atoms with van der Waals surface area (Å²) in [6.45, 7) is 9.74. The molecule has 0 bridgehead atoms. The first-order valence-electron chi connectivity index (χ1n) is 8.06. The monoisotopic (exact) mass is 323 g/mol. The van der Waals surface area contributed by atoms with E-state index in [1.807, 2.05) is 32.0 Å². The van der Waals surface area contributed by atoms with Crippen LogP contribution in [0.4, 0.5) is 5.69 Å². The van der Waals surface area contributed by atoms with Gasteiger partial charge in [0.15, 0.2) is 0 Å². The SMILES string of the molecule is CC[C@@H](C)NC(=O)[C@H](C)N1CCN(c2cccc(Cl)c2)CC1. The van der Waals surface area contributed by atoms with E-state index < -0.39 is 0 Å². The van der Waals surface area contributed by atoms with Crippen LogP contribution in [0.5, 0.6) is 0 Å². The summed E-state index contributed by atoms with van der Waals surface area (Å²) in [5.41, 5.74) is 1.16. The minimum atomic E-state index is -0.0736. The number of nitrogens with zero attached hydrogens (tertiary/aromatic N) is 2. The number of nitrogens with one attached hydrogen (secondary N) is 1. The van der Waals surface area contributed by atoms with Crippen molar-refractivity contribution in [1.29, 1.82) is 0 Å². The summed E-state index contributed by atoms with van der Waals surface area (Å²) in [6.07, 6.45) is 0.959. The van der Waals surface area contributed by atoms with Crippen molar-refractivity contribution in [2.45, 2.75) is 39.3 Å². The van der Waals surface area contributed by atoms with Gasteiger partial charge in [0.2, 0.25) is 5.91 Å². The summed E-state index contributed by atoms with van der Waals surface area (Å²) in [5.74, 6) is 0.130. The Morgan fingerprint density at radius 1 is 1.27 bits per heavy atom. The molecule has 1 fully saturated rings. The van der Waals surface area contributed by atoms with Crippen molar-refractivity contribution >= 4 is 23.2 Å². The molecule has 1 aliphatic rings. The largest absolute Gasteiger partial charge is 0.369 e. The Morgan fingerprint density at radius 3 is 2.55 bits per heavy atom. The molecule has 0 saturated carbocycles. The first kappa shape index (κ1) is 17.1. The maximum absolute atomic E-state index is 12.2. The fourth-order valence-corrected chi connectivity index (χ4v) is 2.86. The van der Waals surface area contributed by atoms with Crippen LogP contribution < -0.4 is 10.2 Å². The minimum Gasteiger partial charge on any atom is -0.369 e. The molecule has 122 valence electrons. The Bertz CT molecular complexity index is 500. The van der Waals surface area contributed by atoms with Crippen molar-refractivity contribution in [3.05, 3.63) is 29.3 Å². The molecule has 1 aromatic carbocycles. The molecular formula is C17H26ClN3O. The van der Waals surface area contributed by atoms with Crippen LogP contribution >= 0.6 is 11.6 Å². The van der Waals surface area contributed by atoms with Gasteiger partial charge in [-0.05, 0) is 38.5 Å². The number of hydrogen-bond donors (Lipinski definition) is 1. The third-order valence-electron chi connectivity index (χ3n) is 4.42. The Balaban J connectivity index is 1.87. The number of halogens is 1. The molecule has 1 saturated heterocycles. The van der Waals surface area contributed by atoms with Crippen LogP contribution in [-0.4, -0.2) is 49.1 Å². The summed E-state index contributed by atoms with van der Waals surface area (Å²) in [6, 6.07) is 8.12. The van der Waals surface area contributed by atoms with Crippen LogP contribution in [0.15, 0.2) is 24.3 Å². The number of benzene rings is 1. The second kappa shape index (κ2) is 7.84. The predicted octanol–water partition coefficient (Wildman–Crippen LogP) is 2.77. The fraction of sp³-hybridized carbons (Fsp3) is 0.588. The lowest BCUT2D eigenvalue weighted by atomic mass is 10.1. The molecule has 0 radical (unpaired) electrons. The molecule has 0 spiro atoms. The molecule has 1 heterocycles. The van der Waals surface area contributed by atoms with Crippen molar-refractivity contribution in [3.63, 3.8) is 0 Å². The summed E-state index contributed by atoms with van der Waals surface area (Å²) in [7, 11) is 0. The van der Waals surface area contributed by atoms with Gasteiger partial charge in [-0.2, -0.15) is 0 Å². The first-order valence-corrected chi connectivity index (χ1v) is 8.44. The second-order valence-corrected chi connectivity index (χ2v) is 6.43. The standard InChI is InChI=1S/C17H26ClN3O/c1-4-13(2)19-17(22)14(3)20-8-10-21(11-9-20)16-7-5-6-15(18)12-16/h5-7,12-14H,4,8-11H2,1-3H3,(H,19,22)/t13-,14+/m1/s1. The van der Waals surface area contributed by atoms with E-state index in [1.165, 1.54) is 0 Å². The number of amides is 1. The molecule has 0 aliphatic carbocycles. The number of anilines is 1. The topological polar surface area (TPSA) is 35.6 Å². The zero-order valence-corrected chi connectivity index (χ0v) is 14.4. The molecule has 1 amide bonds. The average Bonchev–Trinajstić information content (AvgIpc) is 2.54. The number of hydrogen-bond acceptors (Lipinski definition) is 3. The Kier molecular flexibility index (Phi) is 6.09. The van der Waals surface area contributed by atoms with Crippen molar-refractivity contribution < 1.29 is 4.79 Å². The summed E-state index contributed by atoms with van der Waals surface area (Å²) >= 11 is 6.06. The molecule has 1 aliphatic heterocycles. The van der Waals surface area contributed by atoms with E-state index in [-0.39, 0.29) is 18.0 Å². The van der Waals surface area contributed by atoms with Crippen LogP contribution in [0.25, 0.3) is 0 Å². The van der Waals surface area contributed by atoms with Gasteiger partial charge in [0.05, 0.1) is 6.04 Å². The average molecular weight is 324 g/mol. The molecule has 2 rings (SSSR count).